The number of para-hydroxylation sites is 2. The lowest BCUT2D eigenvalue weighted by Crippen LogP contribution is -2.30. The summed E-state index contributed by atoms with van der Waals surface area (Å²) in [5.41, 5.74) is 0.649. The van der Waals surface area contributed by atoms with E-state index < -0.39 is 0 Å². The van der Waals surface area contributed by atoms with Gasteiger partial charge in [0.1, 0.15) is 12.4 Å². The maximum Gasteiger partial charge on any atom is 0.262 e. The second kappa shape index (κ2) is 8.48. The summed E-state index contributed by atoms with van der Waals surface area (Å²) >= 11 is 1.31. The minimum atomic E-state index is -0.105. The van der Waals surface area contributed by atoms with Gasteiger partial charge in [0, 0.05) is 6.04 Å². The first kappa shape index (κ1) is 18.6. The summed E-state index contributed by atoms with van der Waals surface area (Å²) in [5.74, 6) is 0.884. The van der Waals surface area contributed by atoms with Crippen LogP contribution in [0.1, 0.15) is 18.9 Å². The van der Waals surface area contributed by atoms with E-state index in [-0.39, 0.29) is 23.3 Å². The monoisotopic (exact) mass is 395 g/mol. The Kier molecular flexibility index (Phi) is 5.62. The molecule has 28 heavy (non-hydrogen) atoms. The Balaban J connectivity index is 1.35. The van der Waals surface area contributed by atoms with Crippen molar-refractivity contribution in [2.24, 2.45) is 0 Å². The number of ether oxygens (including phenoxy) is 1. The van der Waals surface area contributed by atoms with Crippen LogP contribution in [0, 0.1) is 0 Å². The number of hydrogen-bond acceptors (Lipinski definition) is 5. The van der Waals surface area contributed by atoms with Crippen LogP contribution in [-0.4, -0.2) is 34.4 Å². The lowest BCUT2D eigenvalue weighted by Gasteiger charge is -2.12. The molecule has 1 heterocycles. The highest BCUT2D eigenvalue weighted by molar-refractivity contribution is 7.99. The average Bonchev–Trinajstić information content (AvgIpc) is 3.55. The van der Waals surface area contributed by atoms with Gasteiger partial charge in [-0.3, -0.25) is 14.2 Å². The first-order valence-electron chi connectivity index (χ1n) is 9.31. The summed E-state index contributed by atoms with van der Waals surface area (Å²) in [4.78, 5) is 29.6. The van der Waals surface area contributed by atoms with E-state index in [9.17, 15) is 9.59 Å². The van der Waals surface area contributed by atoms with Crippen molar-refractivity contribution in [3.63, 3.8) is 0 Å². The maximum absolute atomic E-state index is 12.8. The van der Waals surface area contributed by atoms with Crippen molar-refractivity contribution in [3.8, 4) is 5.75 Å². The predicted molar refractivity (Wildman–Crippen MR) is 110 cm³/mol. The zero-order valence-corrected chi connectivity index (χ0v) is 16.2. The fourth-order valence-electron chi connectivity index (χ4n) is 2.94. The molecule has 0 bridgehead atoms. The van der Waals surface area contributed by atoms with Crippen LogP contribution < -0.4 is 15.6 Å². The van der Waals surface area contributed by atoms with E-state index in [1.807, 2.05) is 48.5 Å². The van der Waals surface area contributed by atoms with Gasteiger partial charge in [-0.2, -0.15) is 0 Å². The molecule has 1 amide bonds. The van der Waals surface area contributed by atoms with Crippen LogP contribution in [0.15, 0.2) is 64.5 Å². The van der Waals surface area contributed by atoms with Crippen LogP contribution in [0.4, 0.5) is 0 Å². The molecule has 0 radical (unpaired) electrons. The number of nitrogens with zero attached hydrogens (tertiary/aromatic N) is 2. The zero-order chi connectivity index (χ0) is 19.3. The van der Waals surface area contributed by atoms with E-state index in [1.165, 1.54) is 11.8 Å². The van der Waals surface area contributed by atoms with Crippen LogP contribution in [0.5, 0.6) is 5.75 Å². The van der Waals surface area contributed by atoms with Gasteiger partial charge in [0.05, 0.1) is 23.2 Å². The van der Waals surface area contributed by atoms with Crippen molar-refractivity contribution in [3.05, 3.63) is 65.0 Å². The first-order chi connectivity index (χ1) is 13.7. The number of hydrogen-bond donors (Lipinski definition) is 1. The van der Waals surface area contributed by atoms with E-state index in [1.54, 1.807) is 10.6 Å². The fourth-order valence-corrected chi connectivity index (χ4v) is 3.84. The molecule has 4 rings (SSSR count). The molecule has 144 valence electrons. The summed E-state index contributed by atoms with van der Waals surface area (Å²) in [5, 5.41) is 4.08. The number of carbonyl (C=O) groups is 1. The molecule has 1 N–H and O–H groups in total. The highest BCUT2D eigenvalue weighted by Crippen LogP contribution is 2.36. The Hall–Kier alpha value is -2.80. The number of benzene rings is 2. The van der Waals surface area contributed by atoms with Crippen molar-refractivity contribution in [1.29, 1.82) is 0 Å². The van der Waals surface area contributed by atoms with E-state index in [0.717, 1.165) is 18.6 Å². The van der Waals surface area contributed by atoms with E-state index in [0.29, 0.717) is 29.2 Å². The van der Waals surface area contributed by atoms with E-state index >= 15 is 0 Å². The molecule has 1 saturated carbocycles. The SMILES string of the molecule is O=C(CSc1nc2ccccc2c(=O)n1C1CC1)NCCOc1ccccc1. The molecular weight excluding hydrogens is 374 g/mol. The summed E-state index contributed by atoms with van der Waals surface area (Å²) in [6.07, 6.45) is 1.97. The van der Waals surface area contributed by atoms with Crippen molar-refractivity contribution in [2.45, 2.75) is 24.0 Å². The van der Waals surface area contributed by atoms with Gasteiger partial charge in [-0.15, -0.1) is 0 Å². The topological polar surface area (TPSA) is 73.2 Å². The van der Waals surface area contributed by atoms with Crippen LogP contribution in [0.3, 0.4) is 0 Å². The molecule has 1 aliphatic rings. The Morgan fingerprint density at radius 2 is 1.89 bits per heavy atom. The van der Waals surface area contributed by atoms with Crippen molar-refractivity contribution in [2.75, 3.05) is 18.9 Å². The molecule has 3 aromatic rings. The van der Waals surface area contributed by atoms with Gasteiger partial charge in [0.25, 0.3) is 5.56 Å². The third-order valence-electron chi connectivity index (χ3n) is 4.46. The first-order valence-corrected chi connectivity index (χ1v) is 10.3. The summed E-state index contributed by atoms with van der Waals surface area (Å²) < 4.78 is 7.31. The Bertz CT molecular complexity index is 1030. The Morgan fingerprint density at radius 3 is 2.68 bits per heavy atom. The Morgan fingerprint density at radius 1 is 1.14 bits per heavy atom. The average molecular weight is 395 g/mol. The third-order valence-corrected chi connectivity index (χ3v) is 5.41. The summed E-state index contributed by atoms with van der Waals surface area (Å²) in [6, 6.07) is 17.0. The van der Waals surface area contributed by atoms with Gasteiger partial charge < -0.3 is 10.1 Å². The Labute approximate surface area is 166 Å². The van der Waals surface area contributed by atoms with Crippen LogP contribution in [0.25, 0.3) is 10.9 Å². The van der Waals surface area contributed by atoms with E-state index in [2.05, 4.69) is 10.3 Å². The number of aromatic nitrogens is 2. The van der Waals surface area contributed by atoms with Gasteiger partial charge in [0.15, 0.2) is 5.16 Å². The largest absolute Gasteiger partial charge is 0.492 e. The highest BCUT2D eigenvalue weighted by Gasteiger charge is 2.28. The molecule has 7 heteroatoms. The van der Waals surface area contributed by atoms with Gasteiger partial charge >= 0.3 is 0 Å². The number of amides is 1. The number of nitrogens with one attached hydrogen (secondary N) is 1. The standard InChI is InChI=1S/C21H21N3O3S/c25-19(22-12-13-27-16-6-2-1-3-7-16)14-28-21-23-18-9-5-4-8-17(18)20(26)24(21)15-10-11-15/h1-9,15H,10-14H2,(H,22,25). The number of carbonyl (C=O) groups excluding carboxylic acids is 1. The quantitative estimate of drug-likeness (QED) is 0.361. The van der Waals surface area contributed by atoms with Gasteiger partial charge in [-0.25, -0.2) is 4.98 Å². The van der Waals surface area contributed by atoms with Crippen molar-refractivity contribution in [1.82, 2.24) is 14.9 Å². The molecule has 0 saturated heterocycles. The molecule has 1 fully saturated rings. The van der Waals surface area contributed by atoms with Crippen molar-refractivity contribution >= 4 is 28.6 Å². The molecule has 1 aromatic heterocycles. The maximum atomic E-state index is 12.8. The molecule has 0 unspecified atom stereocenters. The van der Waals surface area contributed by atoms with Gasteiger partial charge in [0.2, 0.25) is 5.91 Å². The summed E-state index contributed by atoms with van der Waals surface area (Å²) in [6.45, 7) is 0.830. The second-order valence-corrected chi connectivity index (χ2v) is 7.56. The molecule has 0 atom stereocenters. The van der Waals surface area contributed by atoms with Crippen LogP contribution in [0.2, 0.25) is 0 Å². The molecule has 1 aliphatic carbocycles. The predicted octanol–water partition coefficient (Wildman–Crippen LogP) is 3.02. The smallest absolute Gasteiger partial charge is 0.262 e. The second-order valence-electron chi connectivity index (χ2n) is 6.62. The van der Waals surface area contributed by atoms with Crippen molar-refractivity contribution < 1.29 is 9.53 Å². The van der Waals surface area contributed by atoms with Gasteiger partial charge in [-0.05, 0) is 37.1 Å². The zero-order valence-electron chi connectivity index (χ0n) is 15.3. The highest BCUT2D eigenvalue weighted by atomic mass is 32.2. The lowest BCUT2D eigenvalue weighted by molar-refractivity contribution is -0.118. The van der Waals surface area contributed by atoms with Crippen LogP contribution in [-0.2, 0) is 4.79 Å². The molecular formula is C21H21N3O3S. The van der Waals surface area contributed by atoms with E-state index in [4.69, 9.17) is 4.74 Å². The fraction of sp³-hybridized carbons (Fsp3) is 0.286. The summed E-state index contributed by atoms with van der Waals surface area (Å²) in [7, 11) is 0. The number of fused-ring (bicyclic) bond motifs is 1. The third kappa shape index (κ3) is 4.36. The minimum absolute atomic E-state index is 0.0210. The van der Waals surface area contributed by atoms with Crippen LogP contribution >= 0.6 is 11.8 Å². The number of thioether (sulfide) groups is 1. The molecule has 2 aromatic carbocycles. The van der Waals surface area contributed by atoms with Gasteiger partial charge in [-0.1, -0.05) is 42.1 Å². The molecule has 0 spiro atoms. The molecule has 6 nitrogen and oxygen atoms in total. The lowest BCUT2D eigenvalue weighted by atomic mass is 10.2. The number of rotatable bonds is 8. The minimum Gasteiger partial charge on any atom is -0.492 e. The molecule has 0 aliphatic heterocycles. The normalized spacial score (nSPS) is 13.4.